The lowest BCUT2D eigenvalue weighted by Crippen LogP contribution is -2.35. The van der Waals surface area contributed by atoms with E-state index in [0.717, 1.165) is 0 Å². The summed E-state index contributed by atoms with van der Waals surface area (Å²) in [6.45, 7) is 0.937. The average Bonchev–Trinajstić information content (AvgIpc) is 2.28. The van der Waals surface area contributed by atoms with Gasteiger partial charge in [-0.15, -0.1) is 23.2 Å². The number of pyridine rings is 1. The Balaban J connectivity index is 2.85. The Morgan fingerprint density at radius 2 is 2.00 bits per heavy atom. The molecule has 16 heavy (non-hydrogen) atoms. The molecule has 0 aliphatic heterocycles. The SMILES string of the molecule is O=C(c1ncccc1Br)N(CCCl)CCCl. The Morgan fingerprint density at radius 3 is 2.50 bits per heavy atom. The first kappa shape index (κ1) is 13.7. The van der Waals surface area contributed by atoms with Crippen LogP contribution in [-0.4, -0.2) is 40.6 Å². The monoisotopic (exact) mass is 324 g/mol. The number of nitrogens with zero attached hydrogens (tertiary/aromatic N) is 2. The van der Waals surface area contributed by atoms with E-state index in [1.807, 2.05) is 0 Å². The number of aromatic nitrogens is 1. The molecule has 0 saturated heterocycles. The van der Waals surface area contributed by atoms with Crippen LogP contribution in [0.15, 0.2) is 22.8 Å². The summed E-state index contributed by atoms with van der Waals surface area (Å²) < 4.78 is 0.675. The molecule has 3 nitrogen and oxygen atoms in total. The van der Waals surface area contributed by atoms with Crippen molar-refractivity contribution in [1.82, 2.24) is 9.88 Å². The highest BCUT2D eigenvalue weighted by atomic mass is 79.9. The van der Waals surface area contributed by atoms with E-state index in [2.05, 4.69) is 20.9 Å². The van der Waals surface area contributed by atoms with Crippen LogP contribution >= 0.6 is 39.1 Å². The first-order chi connectivity index (χ1) is 7.70. The number of carbonyl (C=O) groups is 1. The molecule has 0 radical (unpaired) electrons. The summed E-state index contributed by atoms with van der Waals surface area (Å²) in [5, 5.41) is 0. The summed E-state index contributed by atoms with van der Waals surface area (Å²) >= 11 is 14.6. The van der Waals surface area contributed by atoms with Crippen molar-refractivity contribution < 1.29 is 4.79 Å². The standard InChI is InChI=1S/C10H11BrCl2N2O/c11-8-2-1-5-14-9(8)10(16)15(6-3-12)7-4-13/h1-2,5H,3-4,6-7H2. The number of rotatable bonds is 5. The normalized spacial score (nSPS) is 10.2. The minimum atomic E-state index is -0.159. The van der Waals surface area contributed by atoms with Crippen molar-refractivity contribution in [3.63, 3.8) is 0 Å². The van der Waals surface area contributed by atoms with Crippen LogP contribution in [-0.2, 0) is 0 Å². The molecule has 0 saturated carbocycles. The molecule has 0 unspecified atom stereocenters. The molecule has 6 heteroatoms. The number of alkyl halides is 2. The fourth-order valence-electron chi connectivity index (χ4n) is 1.21. The van der Waals surface area contributed by atoms with Gasteiger partial charge in [-0.3, -0.25) is 4.79 Å². The molecule has 1 aromatic rings. The van der Waals surface area contributed by atoms with E-state index < -0.39 is 0 Å². The Labute approximate surface area is 113 Å². The molecule has 0 atom stereocenters. The van der Waals surface area contributed by atoms with Gasteiger partial charge in [-0.2, -0.15) is 0 Å². The lowest BCUT2D eigenvalue weighted by Gasteiger charge is -2.20. The molecule has 1 rings (SSSR count). The van der Waals surface area contributed by atoms with Crippen LogP contribution in [0.2, 0.25) is 0 Å². The lowest BCUT2D eigenvalue weighted by atomic mass is 10.3. The summed E-state index contributed by atoms with van der Waals surface area (Å²) in [5.41, 5.74) is 0.387. The predicted molar refractivity (Wildman–Crippen MR) is 69.3 cm³/mol. The second-order valence-electron chi connectivity index (χ2n) is 3.00. The third-order valence-corrected chi connectivity index (χ3v) is 2.94. The highest BCUT2D eigenvalue weighted by Crippen LogP contribution is 2.15. The Bertz CT molecular complexity index is 356. The maximum absolute atomic E-state index is 12.1. The predicted octanol–water partition coefficient (Wildman–Crippen LogP) is 2.76. The topological polar surface area (TPSA) is 33.2 Å². The van der Waals surface area contributed by atoms with Crippen molar-refractivity contribution in [1.29, 1.82) is 0 Å². The van der Waals surface area contributed by atoms with E-state index in [4.69, 9.17) is 23.2 Å². The van der Waals surface area contributed by atoms with Gasteiger partial charge in [0.15, 0.2) is 0 Å². The molecule has 0 N–H and O–H groups in total. The van der Waals surface area contributed by atoms with Crippen molar-refractivity contribution in [3.8, 4) is 0 Å². The zero-order chi connectivity index (χ0) is 12.0. The lowest BCUT2D eigenvalue weighted by molar-refractivity contribution is 0.0768. The van der Waals surface area contributed by atoms with Gasteiger partial charge in [-0.05, 0) is 28.1 Å². The molecule has 0 aliphatic rings. The highest BCUT2D eigenvalue weighted by molar-refractivity contribution is 9.10. The zero-order valence-electron chi connectivity index (χ0n) is 8.50. The maximum atomic E-state index is 12.1. The molecule has 1 amide bonds. The Hall–Kier alpha value is -0.320. The first-order valence-electron chi connectivity index (χ1n) is 4.72. The number of carbonyl (C=O) groups excluding carboxylic acids is 1. The van der Waals surface area contributed by atoms with Crippen LogP contribution in [0.4, 0.5) is 0 Å². The second kappa shape index (κ2) is 7.09. The Morgan fingerprint density at radius 1 is 1.38 bits per heavy atom. The van der Waals surface area contributed by atoms with Gasteiger partial charge in [0.2, 0.25) is 0 Å². The van der Waals surface area contributed by atoms with Crippen molar-refractivity contribution >= 4 is 45.0 Å². The van der Waals surface area contributed by atoms with E-state index >= 15 is 0 Å². The van der Waals surface area contributed by atoms with Crippen LogP contribution in [0.3, 0.4) is 0 Å². The van der Waals surface area contributed by atoms with Gasteiger partial charge in [-0.1, -0.05) is 0 Å². The molecular formula is C10H11BrCl2N2O. The maximum Gasteiger partial charge on any atom is 0.273 e. The summed E-state index contributed by atoms with van der Waals surface area (Å²) in [6, 6.07) is 3.54. The minimum absolute atomic E-state index is 0.159. The fraction of sp³-hybridized carbons (Fsp3) is 0.400. The fourth-order valence-corrected chi connectivity index (χ4v) is 2.04. The molecule has 0 fully saturated rings. The number of hydrogen-bond donors (Lipinski definition) is 0. The third kappa shape index (κ3) is 3.61. The van der Waals surface area contributed by atoms with Crippen LogP contribution in [0, 0.1) is 0 Å². The van der Waals surface area contributed by atoms with Crippen LogP contribution in [0.1, 0.15) is 10.5 Å². The van der Waals surface area contributed by atoms with Crippen molar-refractivity contribution in [2.45, 2.75) is 0 Å². The van der Waals surface area contributed by atoms with Gasteiger partial charge in [0.25, 0.3) is 5.91 Å². The van der Waals surface area contributed by atoms with Crippen LogP contribution in [0.25, 0.3) is 0 Å². The summed E-state index contributed by atoms with van der Waals surface area (Å²) in [5.74, 6) is 0.606. The second-order valence-corrected chi connectivity index (χ2v) is 4.61. The van der Waals surface area contributed by atoms with Gasteiger partial charge >= 0.3 is 0 Å². The number of hydrogen-bond acceptors (Lipinski definition) is 2. The molecule has 0 aliphatic carbocycles. The number of halogens is 3. The van der Waals surface area contributed by atoms with Crippen LogP contribution in [0.5, 0.6) is 0 Å². The van der Waals surface area contributed by atoms with E-state index in [1.165, 1.54) is 0 Å². The van der Waals surface area contributed by atoms with Gasteiger partial charge < -0.3 is 4.90 Å². The van der Waals surface area contributed by atoms with Gasteiger partial charge in [-0.25, -0.2) is 4.98 Å². The molecule has 1 aromatic heterocycles. The molecule has 0 bridgehead atoms. The average molecular weight is 326 g/mol. The van der Waals surface area contributed by atoms with E-state index in [1.54, 1.807) is 23.2 Å². The van der Waals surface area contributed by atoms with Crippen molar-refractivity contribution in [2.24, 2.45) is 0 Å². The zero-order valence-corrected chi connectivity index (χ0v) is 11.6. The third-order valence-electron chi connectivity index (χ3n) is 1.96. The Kier molecular flexibility index (Phi) is 6.09. The van der Waals surface area contributed by atoms with Crippen molar-refractivity contribution in [2.75, 3.05) is 24.8 Å². The first-order valence-corrected chi connectivity index (χ1v) is 6.58. The minimum Gasteiger partial charge on any atom is -0.335 e. The summed E-state index contributed by atoms with van der Waals surface area (Å²) in [4.78, 5) is 17.7. The number of amides is 1. The van der Waals surface area contributed by atoms with Gasteiger partial charge in [0.05, 0.1) is 0 Å². The van der Waals surface area contributed by atoms with Crippen molar-refractivity contribution in [3.05, 3.63) is 28.5 Å². The quantitative estimate of drug-likeness (QED) is 0.780. The summed E-state index contributed by atoms with van der Waals surface area (Å²) in [7, 11) is 0. The molecular weight excluding hydrogens is 315 g/mol. The van der Waals surface area contributed by atoms with Gasteiger partial charge in [0.1, 0.15) is 5.69 Å². The summed E-state index contributed by atoms with van der Waals surface area (Å²) in [6.07, 6.45) is 1.58. The van der Waals surface area contributed by atoms with E-state index in [9.17, 15) is 4.79 Å². The molecule has 88 valence electrons. The molecule has 0 spiro atoms. The van der Waals surface area contributed by atoms with E-state index in [0.29, 0.717) is 35.0 Å². The van der Waals surface area contributed by atoms with Gasteiger partial charge in [0, 0.05) is 35.5 Å². The van der Waals surface area contributed by atoms with E-state index in [-0.39, 0.29) is 5.91 Å². The van der Waals surface area contributed by atoms with Crippen LogP contribution < -0.4 is 0 Å². The molecule has 1 heterocycles. The smallest absolute Gasteiger partial charge is 0.273 e. The largest absolute Gasteiger partial charge is 0.335 e. The molecule has 0 aromatic carbocycles. The highest BCUT2D eigenvalue weighted by Gasteiger charge is 2.18.